The summed E-state index contributed by atoms with van der Waals surface area (Å²) < 4.78 is 53.8. The number of aliphatic hydroxyl groups is 3. The maximum absolute atomic E-state index is 12.7. The molecular weight excluding hydrogens is 777 g/mol. The SMILES string of the molecule is CC/C=C/C=C/C=C/C=C/C=C/CCCC(=O)OC(COC(=O)CCCCCCC/C=C/C=C/C=C/CCCCCCC)CO[C@H]1O[C@H](CS(=O)(=O)O)[C@@H](O)C(O)C1O. The molecule has 334 valence electrons. The number of aliphatic hydroxyl groups excluding tert-OH is 3. The van der Waals surface area contributed by atoms with Crippen LogP contribution < -0.4 is 0 Å². The predicted molar refractivity (Wildman–Crippen MR) is 233 cm³/mol. The van der Waals surface area contributed by atoms with E-state index in [9.17, 15) is 37.9 Å². The molecule has 1 rings (SSSR count). The Hall–Kier alpha value is -3.43. The lowest BCUT2D eigenvalue weighted by Gasteiger charge is -2.40. The Balaban J connectivity index is 2.54. The van der Waals surface area contributed by atoms with E-state index in [2.05, 4.69) is 56.4 Å². The highest BCUT2D eigenvalue weighted by molar-refractivity contribution is 7.85. The molecule has 0 bridgehead atoms. The Morgan fingerprint density at radius 3 is 1.64 bits per heavy atom. The Labute approximate surface area is 353 Å². The average molecular weight is 849 g/mol. The standard InChI is InChI=1S/C46H72O12S/c1-3-5-7-9-11-13-15-17-18-19-20-21-23-24-26-28-30-32-34-41(47)55-36-39(37-56-46-45(51)44(50)43(49)40(58-46)38-59(52,53)54)57-42(48)35-33-31-29-27-25-22-16-14-12-10-8-6-4-2/h6,8,10,12,14-22,25,27,29,39-40,43-46,49-51H,3-5,7,9,11,13,23-24,26,28,30-38H2,1-2H3,(H,52,53,54)/b8-6+,12-10+,16-14+,17-15+,19-18+,21-20+,25-22+,29-27+/t39?,40-,43-,44?,45?,46+/m1/s1. The molecule has 3 unspecified atom stereocenters. The lowest BCUT2D eigenvalue weighted by atomic mass is 10.00. The van der Waals surface area contributed by atoms with E-state index in [-0.39, 0.29) is 19.4 Å². The molecule has 1 aliphatic heterocycles. The van der Waals surface area contributed by atoms with Crippen LogP contribution in [0.25, 0.3) is 0 Å². The van der Waals surface area contributed by atoms with Crippen molar-refractivity contribution in [1.29, 1.82) is 0 Å². The summed E-state index contributed by atoms with van der Waals surface area (Å²) in [6.07, 6.45) is 37.5. The molecule has 1 saturated heterocycles. The van der Waals surface area contributed by atoms with Gasteiger partial charge in [0, 0.05) is 12.8 Å². The van der Waals surface area contributed by atoms with Gasteiger partial charge in [-0.25, -0.2) is 0 Å². The lowest BCUT2D eigenvalue weighted by molar-refractivity contribution is -0.297. The van der Waals surface area contributed by atoms with Crippen molar-refractivity contribution in [3.63, 3.8) is 0 Å². The van der Waals surface area contributed by atoms with Crippen LogP contribution in [-0.4, -0.2) is 96.0 Å². The molecule has 1 aliphatic rings. The van der Waals surface area contributed by atoms with Crippen LogP contribution in [0.4, 0.5) is 0 Å². The number of hydrogen-bond acceptors (Lipinski definition) is 11. The average Bonchev–Trinajstić information content (AvgIpc) is 3.20. The highest BCUT2D eigenvalue weighted by Crippen LogP contribution is 2.24. The van der Waals surface area contributed by atoms with Crippen LogP contribution in [0.5, 0.6) is 0 Å². The number of rotatable bonds is 33. The molecule has 0 aliphatic carbocycles. The van der Waals surface area contributed by atoms with E-state index in [0.717, 1.165) is 44.9 Å². The molecule has 0 aromatic heterocycles. The second kappa shape index (κ2) is 35.3. The minimum atomic E-state index is -4.62. The lowest BCUT2D eigenvalue weighted by Crippen LogP contribution is -2.60. The Kier molecular flexibility index (Phi) is 32.1. The third-order valence-electron chi connectivity index (χ3n) is 9.09. The molecule has 59 heavy (non-hydrogen) atoms. The normalized spacial score (nSPS) is 21.2. The Morgan fingerprint density at radius 1 is 0.593 bits per heavy atom. The van der Waals surface area contributed by atoms with Crippen molar-refractivity contribution in [2.75, 3.05) is 19.0 Å². The smallest absolute Gasteiger partial charge is 0.306 e. The van der Waals surface area contributed by atoms with Gasteiger partial charge in [0.15, 0.2) is 12.4 Å². The van der Waals surface area contributed by atoms with Gasteiger partial charge >= 0.3 is 11.9 Å². The second-order valence-corrected chi connectivity index (χ2v) is 16.0. The number of hydrogen-bond donors (Lipinski definition) is 4. The number of carbonyl (C=O) groups is 2. The summed E-state index contributed by atoms with van der Waals surface area (Å²) in [5.74, 6) is -2.12. The zero-order valence-electron chi connectivity index (χ0n) is 35.3. The first kappa shape index (κ1) is 53.6. The van der Waals surface area contributed by atoms with Gasteiger partial charge in [0.2, 0.25) is 0 Å². The molecule has 0 amide bonds. The van der Waals surface area contributed by atoms with E-state index in [4.69, 9.17) is 18.9 Å². The van der Waals surface area contributed by atoms with Crippen molar-refractivity contribution < 1.29 is 56.8 Å². The molecule has 0 aromatic carbocycles. The Morgan fingerprint density at radius 2 is 1.08 bits per heavy atom. The summed E-state index contributed by atoms with van der Waals surface area (Å²) in [4.78, 5) is 25.3. The van der Waals surface area contributed by atoms with Gasteiger partial charge in [-0.2, -0.15) is 8.42 Å². The van der Waals surface area contributed by atoms with Gasteiger partial charge in [-0.15, -0.1) is 0 Å². The second-order valence-electron chi connectivity index (χ2n) is 14.5. The third-order valence-corrected chi connectivity index (χ3v) is 9.84. The maximum atomic E-state index is 12.7. The van der Waals surface area contributed by atoms with Gasteiger partial charge in [0.05, 0.1) is 6.61 Å². The fourth-order valence-corrected chi connectivity index (χ4v) is 6.46. The van der Waals surface area contributed by atoms with Crippen LogP contribution in [0, 0.1) is 0 Å². The number of carbonyl (C=O) groups excluding carboxylic acids is 2. The van der Waals surface area contributed by atoms with Gasteiger partial charge < -0.3 is 34.3 Å². The van der Waals surface area contributed by atoms with Crippen LogP contribution >= 0.6 is 0 Å². The summed E-state index contributed by atoms with van der Waals surface area (Å²) in [6.45, 7) is 3.49. The van der Waals surface area contributed by atoms with Crippen molar-refractivity contribution in [1.82, 2.24) is 0 Å². The number of ether oxygens (including phenoxy) is 4. The van der Waals surface area contributed by atoms with E-state index in [1.165, 1.54) is 32.1 Å². The minimum absolute atomic E-state index is 0.0571. The van der Waals surface area contributed by atoms with E-state index in [1.54, 1.807) is 0 Å². The molecule has 0 radical (unpaired) electrons. The van der Waals surface area contributed by atoms with E-state index in [1.807, 2.05) is 54.7 Å². The summed E-state index contributed by atoms with van der Waals surface area (Å²) in [5, 5.41) is 30.8. The first-order valence-corrected chi connectivity index (χ1v) is 23.0. The zero-order chi connectivity index (χ0) is 43.4. The van der Waals surface area contributed by atoms with E-state index in [0.29, 0.717) is 19.3 Å². The molecule has 0 saturated carbocycles. The van der Waals surface area contributed by atoms with Gasteiger partial charge in [0.1, 0.15) is 36.8 Å². The van der Waals surface area contributed by atoms with Crippen LogP contribution in [0.1, 0.15) is 123 Å². The predicted octanol–water partition coefficient (Wildman–Crippen LogP) is 8.27. The summed E-state index contributed by atoms with van der Waals surface area (Å²) in [7, 11) is -4.62. The fourth-order valence-electron chi connectivity index (χ4n) is 5.76. The monoisotopic (exact) mass is 848 g/mol. The van der Waals surface area contributed by atoms with Crippen LogP contribution in [0.3, 0.4) is 0 Å². The largest absolute Gasteiger partial charge is 0.462 e. The van der Waals surface area contributed by atoms with E-state index >= 15 is 0 Å². The summed E-state index contributed by atoms with van der Waals surface area (Å²) in [6, 6.07) is 0. The molecule has 4 N–H and O–H groups in total. The van der Waals surface area contributed by atoms with Crippen LogP contribution in [-0.2, 0) is 38.7 Å². The molecule has 13 heteroatoms. The van der Waals surface area contributed by atoms with Crippen molar-refractivity contribution >= 4 is 22.1 Å². The number of unbranched alkanes of at least 4 members (excludes halogenated alkanes) is 11. The van der Waals surface area contributed by atoms with Crippen LogP contribution in [0.15, 0.2) is 97.2 Å². The van der Waals surface area contributed by atoms with Gasteiger partial charge in [-0.3, -0.25) is 14.1 Å². The highest BCUT2D eigenvalue weighted by atomic mass is 32.2. The Bertz CT molecular complexity index is 1460. The van der Waals surface area contributed by atoms with Crippen molar-refractivity contribution in [3.8, 4) is 0 Å². The molecule has 12 nitrogen and oxygen atoms in total. The molecular formula is C46H72O12S. The van der Waals surface area contributed by atoms with Crippen molar-refractivity contribution in [2.45, 2.75) is 160 Å². The molecule has 1 fully saturated rings. The molecule has 0 aromatic rings. The van der Waals surface area contributed by atoms with Crippen molar-refractivity contribution in [2.24, 2.45) is 0 Å². The molecule has 6 atom stereocenters. The van der Waals surface area contributed by atoms with Crippen molar-refractivity contribution in [3.05, 3.63) is 97.2 Å². The number of esters is 2. The first-order valence-electron chi connectivity index (χ1n) is 21.4. The summed E-state index contributed by atoms with van der Waals surface area (Å²) >= 11 is 0. The fraction of sp³-hybridized carbons (Fsp3) is 0.609. The summed E-state index contributed by atoms with van der Waals surface area (Å²) in [5.41, 5.74) is 0. The molecule has 1 heterocycles. The van der Waals surface area contributed by atoms with Gasteiger partial charge in [-0.1, -0.05) is 156 Å². The van der Waals surface area contributed by atoms with E-state index < -0.39 is 71.2 Å². The maximum Gasteiger partial charge on any atom is 0.306 e. The first-order chi connectivity index (χ1) is 28.5. The highest BCUT2D eigenvalue weighted by Gasteiger charge is 2.46. The molecule has 0 spiro atoms. The van der Waals surface area contributed by atoms with Gasteiger partial charge in [-0.05, 0) is 51.4 Å². The topological polar surface area (TPSA) is 186 Å². The van der Waals surface area contributed by atoms with Crippen LogP contribution in [0.2, 0.25) is 0 Å². The minimum Gasteiger partial charge on any atom is -0.462 e. The quantitative estimate of drug-likeness (QED) is 0.0215. The van der Waals surface area contributed by atoms with Gasteiger partial charge in [0.25, 0.3) is 10.1 Å². The number of allylic oxidation sites excluding steroid dienone is 16. The zero-order valence-corrected chi connectivity index (χ0v) is 36.1. The third kappa shape index (κ3) is 30.3.